The summed E-state index contributed by atoms with van der Waals surface area (Å²) in [6, 6.07) is 0. The van der Waals surface area contributed by atoms with Crippen molar-refractivity contribution in [1.82, 2.24) is 29.7 Å². The number of hydrogen-bond acceptors (Lipinski definition) is 7. The van der Waals surface area contributed by atoms with E-state index in [1.807, 2.05) is 38.0 Å². The minimum atomic E-state index is -0.0301. The first-order valence-electron chi connectivity index (χ1n) is 10.5. The monoisotopic (exact) mass is 393 g/mol. The molecule has 0 unspecified atom stereocenters. The van der Waals surface area contributed by atoms with E-state index in [-0.39, 0.29) is 6.10 Å². The standard InChI is InChI=1S/C21H27N7O/c1-13-14(2)24-20-19(23-13)18(15-6-4-5-7-15)25-21(26-20)28-8-9-29-17(12-28)16-10-22-27(3)11-16/h10-11,15,17H,4-9,12H2,1-3H3/t17-/m0/s1. The van der Waals surface area contributed by atoms with Gasteiger partial charge in [0.25, 0.3) is 0 Å². The molecule has 8 heteroatoms. The normalized spacial score (nSPS) is 20.7. The van der Waals surface area contributed by atoms with Gasteiger partial charge in [-0.05, 0) is 26.7 Å². The van der Waals surface area contributed by atoms with Gasteiger partial charge in [0.05, 0.1) is 36.4 Å². The fraction of sp³-hybridized carbons (Fsp3) is 0.571. The minimum Gasteiger partial charge on any atom is -0.370 e. The van der Waals surface area contributed by atoms with Crippen LogP contribution in [0.15, 0.2) is 12.4 Å². The fourth-order valence-electron chi connectivity index (χ4n) is 4.39. The summed E-state index contributed by atoms with van der Waals surface area (Å²) in [5.74, 6) is 1.19. The third kappa shape index (κ3) is 3.46. The maximum Gasteiger partial charge on any atom is 0.227 e. The topological polar surface area (TPSA) is 81.9 Å². The van der Waals surface area contributed by atoms with Gasteiger partial charge in [-0.1, -0.05) is 12.8 Å². The van der Waals surface area contributed by atoms with Gasteiger partial charge < -0.3 is 9.64 Å². The van der Waals surface area contributed by atoms with Crippen LogP contribution in [0.4, 0.5) is 5.95 Å². The van der Waals surface area contributed by atoms with E-state index in [9.17, 15) is 0 Å². The molecule has 0 spiro atoms. The average molecular weight is 393 g/mol. The molecule has 4 heterocycles. The van der Waals surface area contributed by atoms with Gasteiger partial charge in [0.15, 0.2) is 5.65 Å². The molecule has 5 rings (SSSR count). The van der Waals surface area contributed by atoms with Crippen LogP contribution in [0.2, 0.25) is 0 Å². The predicted molar refractivity (Wildman–Crippen MR) is 110 cm³/mol. The van der Waals surface area contributed by atoms with Crippen LogP contribution in [-0.4, -0.2) is 49.4 Å². The van der Waals surface area contributed by atoms with Crippen LogP contribution in [0.5, 0.6) is 0 Å². The lowest BCUT2D eigenvalue weighted by Crippen LogP contribution is -2.39. The zero-order valence-electron chi connectivity index (χ0n) is 17.3. The predicted octanol–water partition coefficient (Wildman–Crippen LogP) is 3.01. The zero-order chi connectivity index (χ0) is 20.0. The first kappa shape index (κ1) is 18.4. The summed E-state index contributed by atoms with van der Waals surface area (Å²) >= 11 is 0. The van der Waals surface area contributed by atoms with Crippen LogP contribution in [0, 0.1) is 13.8 Å². The lowest BCUT2D eigenvalue weighted by Gasteiger charge is -2.33. The Balaban J connectivity index is 1.54. The molecule has 8 nitrogen and oxygen atoms in total. The number of fused-ring (bicyclic) bond motifs is 1. The molecule has 0 amide bonds. The van der Waals surface area contributed by atoms with Crippen molar-refractivity contribution in [3.8, 4) is 0 Å². The fourth-order valence-corrected chi connectivity index (χ4v) is 4.39. The number of ether oxygens (including phenoxy) is 1. The second kappa shape index (κ2) is 7.33. The van der Waals surface area contributed by atoms with E-state index in [2.05, 4.69) is 10.00 Å². The van der Waals surface area contributed by atoms with Gasteiger partial charge in [-0.25, -0.2) is 15.0 Å². The van der Waals surface area contributed by atoms with Crippen LogP contribution in [0.3, 0.4) is 0 Å². The molecule has 2 aliphatic rings. The SMILES string of the molecule is Cc1nc2nc(N3CCO[C@H](c4cnn(C)c4)C3)nc(C3CCCC3)c2nc1C. The summed E-state index contributed by atoms with van der Waals surface area (Å²) in [4.78, 5) is 21.7. The molecule has 152 valence electrons. The Hall–Kier alpha value is -2.61. The lowest BCUT2D eigenvalue weighted by atomic mass is 10.0. The molecule has 2 fully saturated rings. The lowest BCUT2D eigenvalue weighted by molar-refractivity contribution is 0.0392. The Labute approximate surface area is 170 Å². The van der Waals surface area contributed by atoms with E-state index < -0.39 is 0 Å². The van der Waals surface area contributed by atoms with E-state index in [0.717, 1.165) is 40.7 Å². The van der Waals surface area contributed by atoms with Crippen molar-refractivity contribution in [2.45, 2.75) is 51.6 Å². The highest BCUT2D eigenvalue weighted by Gasteiger charge is 2.28. The molecular formula is C21H27N7O. The number of hydrogen-bond donors (Lipinski definition) is 0. The molecule has 1 aliphatic carbocycles. The molecule has 29 heavy (non-hydrogen) atoms. The van der Waals surface area contributed by atoms with Crippen LogP contribution < -0.4 is 4.90 Å². The zero-order valence-corrected chi connectivity index (χ0v) is 17.3. The number of nitrogens with zero attached hydrogens (tertiary/aromatic N) is 7. The number of aromatic nitrogens is 6. The number of morpholine rings is 1. The van der Waals surface area contributed by atoms with Crippen LogP contribution >= 0.6 is 0 Å². The molecular weight excluding hydrogens is 366 g/mol. The first-order chi connectivity index (χ1) is 14.1. The summed E-state index contributed by atoms with van der Waals surface area (Å²) in [6.45, 7) is 6.11. The molecule has 0 N–H and O–H groups in total. The molecule has 1 aliphatic heterocycles. The highest BCUT2D eigenvalue weighted by molar-refractivity contribution is 5.75. The first-order valence-corrected chi connectivity index (χ1v) is 10.5. The third-order valence-electron chi connectivity index (χ3n) is 6.15. The second-order valence-corrected chi connectivity index (χ2v) is 8.21. The van der Waals surface area contributed by atoms with E-state index in [0.29, 0.717) is 24.7 Å². The molecule has 0 radical (unpaired) electrons. The van der Waals surface area contributed by atoms with Crippen LogP contribution in [0.1, 0.15) is 60.4 Å². The molecule has 0 bridgehead atoms. The van der Waals surface area contributed by atoms with Crippen molar-refractivity contribution in [2.24, 2.45) is 7.05 Å². The molecule has 0 aromatic carbocycles. The largest absolute Gasteiger partial charge is 0.370 e. The van der Waals surface area contributed by atoms with Gasteiger partial charge in [-0.2, -0.15) is 10.1 Å². The van der Waals surface area contributed by atoms with Gasteiger partial charge in [-0.3, -0.25) is 4.68 Å². The van der Waals surface area contributed by atoms with Crippen molar-refractivity contribution in [3.05, 3.63) is 35.0 Å². The highest BCUT2D eigenvalue weighted by Crippen LogP contribution is 2.37. The summed E-state index contributed by atoms with van der Waals surface area (Å²) < 4.78 is 7.81. The van der Waals surface area contributed by atoms with Crippen molar-refractivity contribution < 1.29 is 4.74 Å². The van der Waals surface area contributed by atoms with Gasteiger partial charge in [-0.15, -0.1) is 0 Å². The summed E-state index contributed by atoms with van der Waals surface area (Å²) in [5.41, 5.74) is 5.62. The molecule has 1 saturated carbocycles. The highest BCUT2D eigenvalue weighted by atomic mass is 16.5. The minimum absolute atomic E-state index is 0.0301. The average Bonchev–Trinajstić information content (AvgIpc) is 3.40. The van der Waals surface area contributed by atoms with Gasteiger partial charge in [0, 0.05) is 31.3 Å². The smallest absolute Gasteiger partial charge is 0.227 e. The van der Waals surface area contributed by atoms with Crippen molar-refractivity contribution in [2.75, 3.05) is 24.6 Å². The number of anilines is 1. The van der Waals surface area contributed by atoms with Crippen molar-refractivity contribution >= 4 is 17.1 Å². The third-order valence-corrected chi connectivity index (χ3v) is 6.15. The Morgan fingerprint density at radius 2 is 1.83 bits per heavy atom. The molecule has 3 aromatic rings. The number of aryl methyl sites for hydroxylation is 3. The maximum absolute atomic E-state index is 6.00. The Kier molecular flexibility index (Phi) is 4.66. The molecule has 3 aromatic heterocycles. The van der Waals surface area contributed by atoms with E-state index in [1.54, 1.807) is 0 Å². The van der Waals surface area contributed by atoms with Crippen molar-refractivity contribution in [1.29, 1.82) is 0 Å². The van der Waals surface area contributed by atoms with E-state index in [1.165, 1.54) is 25.7 Å². The maximum atomic E-state index is 6.00. The summed E-state index contributed by atoms with van der Waals surface area (Å²) in [7, 11) is 1.92. The Bertz CT molecular complexity index is 1040. The second-order valence-electron chi connectivity index (χ2n) is 8.21. The van der Waals surface area contributed by atoms with Gasteiger partial charge in [0.2, 0.25) is 5.95 Å². The Morgan fingerprint density at radius 3 is 2.59 bits per heavy atom. The molecule has 1 atom stereocenters. The van der Waals surface area contributed by atoms with Crippen LogP contribution in [-0.2, 0) is 11.8 Å². The van der Waals surface area contributed by atoms with E-state index >= 15 is 0 Å². The van der Waals surface area contributed by atoms with E-state index in [4.69, 9.17) is 24.7 Å². The van der Waals surface area contributed by atoms with Gasteiger partial charge >= 0.3 is 0 Å². The van der Waals surface area contributed by atoms with Crippen molar-refractivity contribution in [3.63, 3.8) is 0 Å². The van der Waals surface area contributed by atoms with Crippen LogP contribution in [0.25, 0.3) is 11.2 Å². The van der Waals surface area contributed by atoms with Gasteiger partial charge in [0.1, 0.15) is 11.6 Å². The Morgan fingerprint density at radius 1 is 1.03 bits per heavy atom. The summed E-state index contributed by atoms with van der Waals surface area (Å²) in [6.07, 6.45) is 8.70. The summed E-state index contributed by atoms with van der Waals surface area (Å²) in [5, 5.41) is 4.28. The molecule has 1 saturated heterocycles. The number of rotatable bonds is 3. The quantitative estimate of drug-likeness (QED) is 0.676.